The minimum absolute atomic E-state index is 0.000959. The fraction of sp³-hybridized carbons (Fsp3) is 0.789. The lowest BCUT2D eigenvalue weighted by Crippen LogP contribution is -2.58. The van der Waals surface area contributed by atoms with E-state index in [9.17, 15) is 19.2 Å². The van der Waals surface area contributed by atoms with Crippen molar-refractivity contribution in [3.8, 4) is 0 Å². The van der Waals surface area contributed by atoms with Crippen molar-refractivity contribution in [3.63, 3.8) is 0 Å². The van der Waals surface area contributed by atoms with Crippen molar-refractivity contribution in [2.45, 2.75) is 51.6 Å². The van der Waals surface area contributed by atoms with Gasteiger partial charge in [0.2, 0.25) is 11.8 Å². The van der Waals surface area contributed by atoms with E-state index in [-0.39, 0.29) is 36.2 Å². The molecule has 3 N–H and O–H groups in total. The molecule has 0 aromatic heterocycles. The molecule has 0 radical (unpaired) electrons. The lowest BCUT2D eigenvalue weighted by molar-refractivity contribution is -0.144. The van der Waals surface area contributed by atoms with Gasteiger partial charge in [-0.1, -0.05) is 13.8 Å². The molecule has 3 fully saturated rings. The summed E-state index contributed by atoms with van der Waals surface area (Å²) >= 11 is 0. The highest BCUT2D eigenvalue weighted by molar-refractivity contribution is 6.07. The maximum atomic E-state index is 12.7. The molecule has 9 heteroatoms. The average molecular weight is 393 g/mol. The molecule has 0 saturated carbocycles. The number of nitrogens with one attached hydrogen (secondary N) is 3. The predicted octanol–water partition coefficient (Wildman–Crippen LogP) is -0.330. The minimum atomic E-state index is -0.912. The summed E-state index contributed by atoms with van der Waals surface area (Å²) in [5, 5.41) is 8.26. The number of hydrogen-bond acceptors (Lipinski definition) is 5. The monoisotopic (exact) mass is 393 g/mol. The Balaban J connectivity index is 1.52. The standard InChI is InChI=1S/C19H31N5O4/c1-12(2)10-14-16(26)24(9-6-20-14)11-15(25)23-7-4-13(5-8-23)19(3)17(27)21-18(28)22-19/h12-14,20H,4-11H2,1-3H3,(H2,21,22,27,28). The van der Waals surface area contributed by atoms with E-state index in [2.05, 4.69) is 29.8 Å². The van der Waals surface area contributed by atoms with Gasteiger partial charge in [0.1, 0.15) is 5.54 Å². The number of amides is 5. The van der Waals surface area contributed by atoms with Gasteiger partial charge >= 0.3 is 6.03 Å². The molecule has 28 heavy (non-hydrogen) atoms. The summed E-state index contributed by atoms with van der Waals surface area (Å²) in [6.07, 6.45) is 2.05. The van der Waals surface area contributed by atoms with Gasteiger partial charge in [-0.3, -0.25) is 19.7 Å². The molecule has 0 bridgehead atoms. The van der Waals surface area contributed by atoms with Crippen LogP contribution in [0.5, 0.6) is 0 Å². The van der Waals surface area contributed by atoms with Crippen molar-refractivity contribution in [3.05, 3.63) is 0 Å². The van der Waals surface area contributed by atoms with Gasteiger partial charge in [-0.2, -0.15) is 0 Å². The van der Waals surface area contributed by atoms with Crippen LogP contribution >= 0.6 is 0 Å². The van der Waals surface area contributed by atoms with Crippen LogP contribution in [0.15, 0.2) is 0 Å². The minimum Gasteiger partial charge on any atom is -0.341 e. The zero-order chi connectivity index (χ0) is 20.5. The normalized spacial score (nSPS) is 29.3. The second-order valence-corrected chi connectivity index (χ2v) is 8.66. The first-order valence-corrected chi connectivity index (χ1v) is 10.1. The first kappa shape index (κ1) is 20.6. The Hall–Kier alpha value is -2.16. The highest BCUT2D eigenvalue weighted by Crippen LogP contribution is 2.30. The Labute approximate surface area is 165 Å². The smallest absolute Gasteiger partial charge is 0.322 e. The van der Waals surface area contributed by atoms with Gasteiger partial charge in [0.05, 0.1) is 12.6 Å². The first-order chi connectivity index (χ1) is 13.2. The van der Waals surface area contributed by atoms with Gasteiger partial charge in [0, 0.05) is 26.2 Å². The number of imide groups is 1. The number of piperidine rings is 1. The van der Waals surface area contributed by atoms with Crippen molar-refractivity contribution in [1.29, 1.82) is 0 Å². The van der Waals surface area contributed by atoms with Crippen molar-refractivity contribution in [2.75, 3.05) is 32.7 Å². The molecular weight excluding hydrogens is 362 g/mol. The van der Waals surface area contributed by atoms with Crippen LogP contribution in [-0.2, 0) is 14.4 Å². The second-order valence-electron chi connectivity index (χ2n) is 8.66. The maximum Gasteiger partial charge on any atom is 0.322 e. The van der Waals surface area contributed by atoms with Crippen molar-refractivity contribution in [2.24, 2.45) is 11.8 Å². The number of urea groups is 1. The molecule has 0 aliphatic carbocycles. The van der Waals surface area contributed by atoms with E-state index in [1.54, 1.807) is 16.7 Å². The molecule has 3 rings (SSSR count). The molecule has 0 aromatic carbocycles. The first-order valence-electron chi connectivity index (χ1n) is 10.1. The van der Waals surface area contributed by atoms with E-state index in [0.717, 1.165) is 6.42 Å². The van der Waals surface area contributed by atoms with E-state index in [1.807, 2.05) is 0 Å². The van der Waals surface area contributed by atoms with Crippen molar-refractivity contribution < 1.29 is 19.2 Å². The fourth-order valence-corrected chi connectivity index (χ4v) is 4.42. The highest BCUT2D eigenvalue weighted by atomic mass is 16.2. The molecule has 3 aliphatic rings. The number of likely N-dealkylation sites (tertiary alicyclic amines) is 1. The number of carbonyl (C=O) groups is 4. The van der Waals surface area contributed by atoms with Gasteiger partial charge < -0.3 is 20.4 Å². The lowest BCUT2D eigenvalue weighted by atomic mass is 9.79. The Bertz CT molecular complexity index is 659. The number of rotatable bonds is 5. The number of hydrogen-bond donors (Lipinski definition) is 3. The molecule has 3 aliphatic heterocycles. The Morgan fingerprint density at radius 2 is 1.86 bits per heavy atom. The summed E-state index contributed by atoms with van der Waals surface area (Å²) in [7, 11) is 0. The van der Waals surface area contributed by atoms with Crippen LogP contribution in [0.2, 0.25) is 0 Å². The van der Waals surface area contributed by atoms with Crippen molar-refractivity contribution in [1.82, 2.24) is 25.8 Å². The van der Waals surface area contributed by atoms with E-state index < -0.39 is 11.6 Å². The summed E-state index contributed by atoms with van der Waals surface area (Å²) < 4.78 is 0. The number of piperazine rings is 1. The maximum absolute atomic E-state index is 12.7. The van der Waals surface area contributed by atoms with Crippen LogP contribution < -0.4 is 16.0 Å². The highest BCUT2D eigenvalue weighted by Gasteiger charge is 2.48. The fourth-order valence-electron chi connectivity index (χ4n) is 4.42. The number of carbonyl (C=O) groups excluding carboxylic acids is 4. The zero-order valence-electron chi connectivity index (χ0n) is 16.9. The third-order valence-corrected chi connectivity index (χ3v) is 6.15. The zero-order valence-corrected chi connectivity index (χ0v) is 16.9. The molecule has 3 heterocycles. The summed E-state index contributed by atoms with van der Waals surface area (Å²) in [6, 6.07) is -0.670. The quantitative estimate of drug-likeness (QED) is 0.554. The summed E-state index contributed by atoms with van der Waals surface area (Å²) in [5.74, 6) is 0.0398. The largest absolute Gasteiger partial charge is 0.341 e. The Morgan fingerprint density at radius 1 is 1.18 bits per heavy atom. The molecule has 0 aromatic rings. The summed E-state index contributed by atoms with van der Waals surface area (Å²) in [5.41, 5.74) is -0.912. The molecule has 5 amide bonds. The second kappa shape index (κ2) is 8.06. The van der Waals surface area contributed by atoms with E-state index >= 15 is 0 Å². The predicted molar refractivity (Wildman–Crippen MR) is 102 cm³/mol. The summed E-state index contributed by atoms with van der Waals surface area (Å²) in [6.45, 7) is 8.30. The molecule has 0 spiro atoms. The van der Waals surface area contributed by atoms with Crippen molar-refractivity contribution >= 4 is 23.8 Å². The molecule has 3 saturated heterocycles. The van der Waals surface area contributed by atoms with Crippen LogP contribution in [-0.4, -0.2) is 77.9 Å². The molecule has 9 nitrogen and oxygen atoms in total. The Kier molecular flexibility index (Phi) is 5.92. The van der Waals surface area contributed by atoms with Gasteiger partial charge in [0.15, 0.2) is 0 Å². The molecule has 156 valence electrons. The van der Waals surface area contributed by atoms with E-state index in [4.69, 9.17) is 0 Å². The van der Waals surface area contributed by atoms with Gasteiger partial charge in [0.25, 0.3) is 5.91 Å². The van der Waals surface area contributed by atoms with Gasteiger partial charge in [-0.25, -0.2) is 4.79 Å². The van der Waals surface area contributed by atoms with Gasteiger partial charge in [-0.15, -0.1) is 0 Å². The molecule has 2 atom stereocenters. The Morgan fingerprint density at radius 3 is 2.43 bits per heavy atom. The summed E-state index contributed by atoms with van der Waals surface area (Å²) in [4.78, 5) is 52.4. The van der Waals surface area contributed by atoms with Crippen LogP contribution in [0, 0.1) is 11.8 Å². The van der Waals surface area contributed by atoms with Crippen LogP contribution in [0.25, 0.3) is 0 Å². The average Bonchev–Trinajstić information content (AvgIpc) is 2.91. The third-order valence-electron chi connectivity index (χ3n) is 6.15. The SMILES string of the molecule is CC(C)CC1NCCN(CC(=O)N2CCC(C3(C)NC(=O)NC3=O)CC2)C1=O. The molecular formula is C19H31N5O4. The molecule has 2 unspecified atom stereocenters. The van der Waals surface area contributed by atoms with E-state index in [1.165, 1.54) is 0 Å². The number of nitrogens with zero attached hydrogens (tertiary/aromatic N) is 2. The third kappa shape index (κ3) is 4.14. The van der Waals surface area contributed by atoms with Gasteiger partial charge in [-0.05, 0) is 38.0 Å². The van der Waals surface area contributed by atoms with Crippen LogP contribution in [0.4, 0.5) is 4.79 Å². The van der Waals surface area contributed by atoms with Crippen LogP contribution in [0.1, 0.15) is 40.0 Å². The lowest BCUT2D eigenvalue weighted by Gasteiger charge is -2.40. The topological polar surface area (TPSA) is 111 Å². The van der Waals surface area contributed by atoms with E-state index in [0.29, 0.717) is 44.9 Å². The van der Waals surface area contributed by atoms with Crippen LogP contribution in [0.3, 0.4) is 0 Å².